The Morgan fingerprint density at radius 2 is 2.21 bits per heavy atom. The van der Waals surface area contributed by atoms with E-state index < -0.39 is 0 Å². The molecule has 0 aromatic rings. The summed E-state index contributed by atoms with van der Waals surface area (Å²) in [5.41, 5.74) is 0. The van der Waals surface area contributed by atoms with E-state index in [9.17, 15) is 4.79 Å². The van der Waals surface area contributed by atoms with Gasteiger partial charge in [-0.15, -0.1) is 0 Å². The lowest BCUT2D eigenvalue weighted by Crippen LogP contribution is -2.28. The van der Waals surface area contributed by atoms with Crippen molar-refractivity contribution >= 4 is 5.97 Å². The summed E-state index contributed by atoms with van der Waals surface area (Å²) in [6.45, 7) is 2.27. The van der Waals surface area contributed by atoms with E-state index in [0.29, 0.717) is 13.2 Å². The highest BCUT2D eigenvalue weighted by Crippen LogP contribution is 2.39. The Morgan fingerprint density at radius 1 is 1.50 bits per heavy atom. The average molecular weight is 200 g/mol. The van der Waals surface area contributed by atoms with Gasteiger partial charge >= 0.3 is 5.97 Å². The van der Waals surface area contributed by atoms with Crippen molar-refractivity contribution in [2.24, 2.45) is 0 Å². The lowest BCUT2D eigenvalue weighted by Gasteiger charge is -2.21. The smallest absolute Gasteiger partial charge is 0.302 e. The summed E-state index contributed by atoms with van der Waals surface area (Å²) >= 11 is 0. The molecule has 1 saturated heterocycles. The molecule has 4 nitrogen and oxygen atoms in total. The zero-order valence-electron chi connectivity index (χ0n) is 8.45. The number of rotatable bonds is 2. The summed E-state index contributed by atoms with van der Waals surface area (Å²) in [7, 11) is 0. The molecule has 2 aliphatic rings. The molecule has 0 aromatic carbocycles. The Bertz CT molecular complexity index is 220. The maximum atomic E-state index is 10.6. The van der Waals surface area contributed by atoms with Crippen LogP contribution in [0.25, 0.3) is 0 Å². The molecule has 0 amide bonds. The van der Waals surface area contributed by atoms with E-state index in [0.717, 1.165) is 12.8 Å². The van der Waals surface area contributed by atoms with Crippen molar-refractivity contribution in [2.45, 2.75) is 44.5 Å². The Kier molecular flexibility index (Phi) is 2.74. The first-order valence-electron chi connectivity index (χ1n) is 5.15. The number of hydrogen-bond acceptors (Lipinski definition) is 4. The first kappa shape index (κ1) is 9.93. The second-order valence-corrected chi connectivity index (χ2v) is 3.97. The van der Waals surface area contributed by atoms with Gasteiger partial charge in [-0.3, -0.25) is 4.79 Å². The van der Waals surface area contributed by atoms with Crippen LogP contribution in [0.3, 0.4) is 0 Å². The molecule has 1 spiro atoms. The highest BCUT2D eigenvalue weighted by atomic mass is 16.8. The Balaban J connectivity index is 1.79. The molecule has 0 radical (unpaired) electrons. The molecular weight excluding hydrogens is 184 g/mol. The van der Waals surface area contributed by atoms with Crippen LogP contribution in [0.5, 0.6) is 0 Å². The predicted octanol–water partition coefficient (Wildman–Crippen LogP) is 1.24. The third-order valence-corrected chi connectivity index (χ3v) is 2.75. The van der Waals surface area contributed by atoms with Gasteiger partial charge in [-0.1, -0.05) is 0 Å². The highest BCUT2D eigenvalue weighted by Gasteiger charge is 2.43. The van der Waals surface area contributed by atoms with Crippen molar-refractivity contribution in [3.63, 3.8) is 0 Å². The summed E-state index contributed by atoms with van der Waals surface area (Å²) < 4.78 is 16.3. The monoisotopic (exact) mass is 200 g/mol. The molecule has 1 unspecified atom stereocenters. The summed E-state index contributed by atoms with van der Waals surface area (Å²) in [5.74, 6) is -0.605. The molecule has 80 valence electrons. The maximum Gasteiger partial charge on any atom is 0.302 e. The summed E-state index contributed by atoms with van der Waals surface area (Å²) in [6, 6.07) is 0. The van der Waals surface area contributed by atoms with Crippen LogP contribution in [0.15, 0.2) is 0 Å². The second kappa shape index (κ2) is 3.87. The number of ether oxygens (including phenoxy) is 3. The number of hydrogen-bond donors (Lipinski definition) is 0. The van der Waals surface area contributed by atoms with Crippen LogP contribution < -0.4 is 0 Å². The van der Waals surface area contributed by atoms with Crippen molar-refractivity contribution in [3.8, 4) is 0 Å². The fourth-order valence-electron chi connectivity index (χ4n) is 2.08. The number of esters is 1. The van der Waals surface area contributed by atoms with E-state index in [1.54, 1.807) is 0 Å². The van der Waals surface area contributed by atoms with Crippen molar-refractivity contribution in [1.82, 2.24) is 0 Å². The van der Waals surface area contributed by atoms with Crippen molar-refractivity contribution in [3.05, 3.63) is 0 Å². The summed E-state index contributed by atoms with van der Waals surface area (Å²) in [4.78, 5) is 10.6. The van der Waals surface area contributed by atoms with E-state index >= 15 is 0 Å². The van der Waals surface area contributed by atoms with Crippen LogP contribution in [0.2, 0.25) is 0 Å². The Hall–Kier alpha value is -0.610. The molecule has 14 heavy (non-hydrogen) atoms. The number of carbonyl (C=O) groups excluding carboxylic acids is 1. The Morgan fingerprint density at radius 3 is 2.86 bits per heavy atom. The number of carbonyl (C=O) groups is 1. The normalized spacial score (nSPS) is 29.6. The highest BCUT2D eigenvalue weighted by molar-refractivity contribution is 5.65. The van der Waals surface area contributed by atoms with Gasteiger partial charge in [-0.25, -0.2) is 0 Å². The van der Waals surface area contributed by atoms with Crippen molar-refractivity contribution < 1.29 is 19.0 Å². The fourth-order valence-corrected chi connectivity index (χ4v) is 2.08. The molecule has 1 saturated carbocycles. The third-order valence-electron chi connectivity index (χ3n) is 2.75. The van der Waals surface area contributed by atoms with Crippen LogP contribution in [0.1, 0.15) is 32.6 Å². The Labute approximate surface area is 83.5 Å². The van der Waals surface area contributed by atoms with E-state index in [4.69, 9.17) is 14.2 Å². The minimum absolute atomic E-state index is 0.0722. The van der Waals surface area contributed by atoms with E-state index in [-0.39, 0.29) is 17.9 Å². The standard InChI is InChI=1S/C10H16O4/c1-8(11)12-6-9-7-13-10(14-9)4-2-3-5-10/h9H,2-7H2,1H3. The molecule has 1 aliphatic heterocycles. The minimum atomic E-state index is -0.342. The summed E-state index contributed by atoms with van der Waals surface area (Å²) in [5, 5.41) is 0. The van der Waals surface area contributed by atoms with Crippen LogP contribution in [-0.4, -0.2) is 31.1 Å². The zero-order valence-corrected chi connectivity index (χ0v) is 8.45. The van der Waals surface area contributed by atoms with Gasteiger partial charge in [-0.2, -0.15) is 0 Å². The van der Waals surface area contributed by atoms with Gasteiger partial charge in [-0.05, 0) is 12.8 Å². The first-order chi connectivity index (χ1) is 6.70. The third kappa shape index (κ3) is 2.07. The SMILES string of the molecule is CC(=O)OCC1COC2(CCCC2)O1. The minimum Gasteiger partial charge on any atom is -0.463 e. The van der Waals surface area contributed by atoms with Crippen LogP contribution in [0.4, 0.5) is 0 Å². The molecule has 1 atom stereocenters. The zero-order chi connectivity index (χ0) is 10.0. The van der Waals surface area contributed by atoms with Gasteiger partial charge in [0, 0.05) is 19.8 Å². The molecule has 0 aromatic heterocycles. The quantitative estimate of drug-likeness (QED) is 0.629. The lowest BCUT2D eigenvalue weighted by atomic mass is 10.2. The molecule has 2 fully saturated rings. The van der Waals surface area contributed by atoms with Gasteiger partial charge in [0.25, 0.3) is 0 Å². The van der Waals surface area contributed by atoms with Gasteiger partial charge in [0.05, 0.1) is 6.61 Å². The van der Waals surface area contributed by atoms with Gasteiger partial charge in [0.1, 0.15) is 12.7 Å². The second-order valence-electron chi connectivity index (χ2n) is 3.97. The van der Waals surface area contributed by atoms with E-state index in [2.05, 4.69) is 0 Å². The molecule has 1 heterocycles. The maximum absolute atomic E-state index is 10.6. The van der Waals surface area contributed by atoms with Crippen LogP contribution in [0, 0.1) is 0 Å². The molecular formula is C10H16O4. The average Bonchev–Trinajstić information content (AvgIpc) is 2.74. The lowest BCUT2D eigenvalue weighted by molar-refractivity contribution is -0.171. The molecule has 2 rings (SSSR count). The molecule has 1 aliphatic carbocycles. The van der Waals surface area contributed by atoms with Crippen LogP contribution in [-0.2, 0) is 19.0 Å². The fraction of sp³-hybridized carbons (Fsp3) is 0.900. The van der Waals surface area contributed by atoms with Crippen molar-refractivity contribution in [2.75, 3.05) is 13.2 Å². The van der Waals surface area contributed by atoms with Crippen molar-refractivity contribution in [1.29, 1.82) is 0 Å². The van der Waals surface area contributed by atoms with Gasteiger partial charge in [0.2, 0.25) is 0 Å². The van der Waals surface area contributed by atoms with E-state index in [1.165, 1.54) is 19.8 Å². The van der Waals surface area contributed by atoms with E-state index in [1.807, 2.05) is 0 Å². The predicted molar refractivity (Wildman–Crippen MR) is 48.7 cm³/mol. The molecule has 4 heteroatoms. The largest absolute Gasteiger partial charge is 0.463 e. The van der Waals surface area contributed by atoms with Gasteiger partial charge in [0.15, 0.2) is 5.79 Å². The molecule has 0 bridgehead atoms. The topological polar surface area (TPSA) is 44.8 Å². The first-order valence-corrected chi connectivity index (χ1v) is 5.15. The van der Waals surface area contributed by atoms with Gasteiger partial charge < -0.3 is 14.2 Å². The molecule has 0 N–H and O–H groups in total. The summed E-state index contributed by atoms with van der Waals surface area (Å²) in [6.07, 6.45) is 4.21. The van der Waals surface area contributed by atoms with Crippen LogP contribution >= 0.6 is 0 Å².